The lowest BCUT2D eigenvalue weighted by atomic mass is 10.1. The third-order valence-corrected chi connectivity index (χ3v) is 3.59. The van der Waals surface area contributed by atoms with Crippen molar-refractivity contribution in [3.8, 4) is 0 Å². The van der Waals surface area contributed by atoms with E-state index in [0.717, 1.165) is 25.1 Å². The van der Waals surface area contributed by atoms with Crippen molar-refractivity contribution in [1.82, 2.24) is 5.32 Å². The maximum atomic E-state index is 11.7. The zero-order chi connectivity index (χ0) is 13.7. The Morgan fingerprint density at radius 2 is 2.26 bits per heavy atom. The fourth-order valence-electron chi connectivity index (χ4n) is 2.21. The van der Waals surface area contributed by atoms with Gasteiger partial charge in [-0.25, -0.2) is 0 Å². The largest absolute Gasteiger partial charge is 0.376 e. The number of hydrogen-bond acceptors (Lipinski definition) is 3. The van der Waals surface area contributed by atoms with Crippen LogP contribution in [-0.2, 0) is 9.53 Å². The first-order valence-corrected chi connectivity index (χ1v) is 6.85. The summed E-state index contributed by atoms with van der Waals surface area (Å²) in [5.41, 5.74) is 3.44. The molecule has 1 heterocycles. The Bertz CT molecular complexity index is 440. The molecule has 0 aliphatic carbocycles. The lowest BCUT2D eigenvalue weighted by Crippen LogP contribution is -2.35. The van der Waals surface area contributed by atoms with Gasteiger partial charge in [-0.15, -0.1) is 0 Å². The van der Waals surface area contributed by atoms with E-state index in [1.165, 1.54) is 11.1 Å². The number of hydrogen-bond donors (Lipinski definition) is 2. The van der Waals surface area contributed by atoms with Crippen LogP contribution in [0, 0.1) is 13.8 Å². The normalized spacial score (nSPS) is 18.3. The van der Waals surface area contributed by atoms with E-state index in [-0.39, 0.29) is 12.0 Å². The number of benzene rings is 1. The Balaban J connectivity index is 1.75. The smallest absolute Gasteiger partial charge is 0.239 e. The predicted octanol–water partition coefficient (Wildman–Crippen LogP) is 2.01. The van der Waals surface area contributed by atoms with E-state index in [9.17, 15) is 4.79 Å². The molecule has 1 fully saturated rings. The molecular formula is C15H22N2O2. The molecule has 1 amide bonds. The molecule has 0 radical (unpaired) electrons. The average molecular weight is 262 g/mol. The second-order valence-electron chi connectivity index (χ2n) is 5.04. The van der Waals surface area contributed by atoms with Crippen molar-refractivity contribution < 1.29 is 9.53 Å². The zero-order valence-electron chi connectivity index (χ0n) is 11.7. The highest BCUT2D eigenvalue weighted by Gasteiger charge is 2.15. The highest BCUT2D eigenvalue weighted by atomic mass is 16.5. The second kappa shape index (κ2) is 6.57. The summed E-state index contributed by atoms with van der Waals surface area (Å²) < 4.78 is 5.47. The highest BCUT2D eigenvalue weighted by molar-refractivity contribution is 5.81. The molecule has 19 heavy (non-hydrogen) atoms. The topological polar surface area (TPSA) is 50.4 Å². The molecule has 4 nitrogen and oxygen atoms in total. The molecule has 0 aromatic heterocycles. The minimum atomic E-state index is 0.0106. The van der Waals surface area contributed by atoms with Crippen LogP contribution in [0.3, 0.4) is 0 Å². The summed E-state index contributed by atoms with van der Waals surface area (Å²) in [5, 5.41) is 6.08. The number of nitrogens with one attached hydrogen (secondary N) is 2. The highest BCUT2D eigenvalue weighted by Crippen LogP contribution is 2.17. The van der Waals surface area contributed by atoms with Gasteiger partial charge in [-0.2, -0.15) is 0 Å². The van der Waals surface area contributed by atoms with Crippen LogP contribution in [0.2, 0.25) is 0 Å². The lowest BCUT2D eigenvalue weighted by molar-refractivity contribution is -0.119. The summed E-state index contributed by atoms with van der Waals surface area (Å²) in [7, 11) is 0. The van der Waals surface area contributed by atoms with Gasteiger partial charge in [0.15, 0.2) is 0 Å². The number of amides is 1. The molecule has 1 saturated heterocycles. The van der Waals surface area contributed by atoms with Gasteiger partial charge in [0.2, 0.25) is 5.91 Å². The van der Waals surface area contributed by atoms with Gasteiger partial charge in [-0.05, 0) is 43.9 Å². The fourth-order valence-corrected chi connectivity index (χ4v) is 2.21. The Morgan fingerprint density at radius 3 is 3.00 bits per heavy atom. The van der Waals surface area contributed by atoms with Gasteiger partial charge in [0.05, 0.1) is 12.6 Å². The Labute approximate surface area is 114 Å². The average Bonchev–Trinajstić information content (AvgIpc) is 2.91. The van der Waals surface area contributed by atoms with E-state index in [1.54, 1.807) is 0 Å². The predicted molar refractivity (Wildman–Crippen MR) is 76.4 cm³/mol. The van der Waals surface area contributed by atoms with Crippen molar-refractivity contribution in [2.24, 2.45) is 0 Å². The monoisotopic (exact) mass is 262 g/mol. The number of ether oxygens (including phenoxy) is 1. The van der Waals surface area contributed by atoms with Gasteiger partial charge in [-0.1, -0.05) is 12.1 Å². The van der Waals surface area contributed by atoms with Crippen LogP contribution in [0.25, 0.3) is 0 Å². The number of aryl methyl sites for hydroxylation is 1. The number of carbonyl (C=O) groups is 1. The zero-order valence-corrected chi connectivity index (χ0v) is 11.7. The quantitative estimate of drug-likeness (QED) is 0.853. The van der Waals surface area contributed by atoms with Gasteiger partial charge in [0.1, 0.15) is 0 Å². The summed E-state index contributed by atoms with van der Waals surface area (Å²) >= 11 is 0. The number of rotatable bonds is 5. The van der Waals surface area contributed by atoms with Crippen LogP contribution in [0.1, 0.15) is 24.0 Å². The molecule has 0 spiro atoms. The molecule has 1 aliphatic heterocycles. The van der Waals surface area contributed by atoms with Crippen LogP contribution >= 0.6 is 0 Å². The van der Waals surface area contributed by atoms with Gasteiger partial charge in [-0.3, -0.25) is 4.79 Å². The molecule has 2 N–H and O–H groups in total. The standard InChI is InChI=1S/C15H22N2O2/c1-11-5-3-7-14(12(11)2)16-10-15(18)17-9-13-6-4-8-19-13/h3,5,7,13,16H,4,6,8-10H2,1-2H3,(H,17,18). The third kappa shape index (κ3) is 3.96. The Hall–Kier alpha value is -1.55. The van der Waals surface area contributed by atoms with E-state index >= 15 is 0 Å². The summed E-state index contributed by atoms with van der Waals surface area (Å²) in [5.74, 6) is 0.0106. The lowest BCUT2D eigenvalue weighted by Gasteiger charge is -2.13. The molecule has 1 aliphatic rings. The van der Waals surface area contributed by atoms with Crippen LogP contribution in [-0.4, -0.2) is 31.7 Å². The van der Waals surface area contributed by atoms with Crippen LogP contribution in [0.4, 0.5) is 5.69 Å². The summed E-state index contributed by atoms with van der Waals surface area (Å²) in [4.78, 5) is 11.7. The van der Waals surface area contributed by atoms with Crippen molar-refractivity contribution in [2.75, 3.05) is 25.0 Å². The molecular weight excluding hydrogens is 240 g/mol. The van der Waals surface area contributed by atoms with Crippen LogP contribution < -0.4 is 10.6 Å². The fraction of sp³-hybridized carbons (Fsp3) is 0.533. The molecule has 2 rings (SSSR count). The van der Waals surface area contributed by atoms with Crippen molar-refractivity contribution in [1.29, 1.82) is 0 Å². The minimum Gasteiger partial charge on any atom is -0.376 e. The first-order valence-electron chi connectivity index (χ1n) is 6.85. The van der Waals surface area contributed by atoms with Gasteiger partial charge in [0, 0.05) is 18.8 Å². The maximum absolute atomic E-state index is 11.7. The first-order chi connectivity index (χ1) is 9.16. The molecule has 0 saturated carbocycles. The van der Waals surface area contributed by atoms with E-state index in [1.807, 2.05) is 12.1 Å². The van der Waals surface area contributed by atoms with Crippen LogP contribution in [0.5, 0.6) is 0 Å². The van der Waals surface area contributed by atoms with E-state index < -0.39 is 0 Å². The third-order valence-electron chi connectivity index (χ3n) is 3.59. The van der Waals surface area contributed by atoms with Gasteiger partial charge in [0.25, 0.3) is 0 Å². The van der Waals surface area contributed by atoms with Crippen molar-refractivity contribution in [3.05, 3.63) is 29.3 Å². The number of anilines is 1. The summed E-state index contributed by atoms with van der Waals surface area (Å²) in [6.45, 7) is 5.87. The minimum absolute atomic E-state index is 0.0106. The molecule has 4 heteroatoms. The van der Waals surface area contributed by atoms with Crippen LogP contribution in [0.15, 0.2) is 18.2 Å². The van der Waals surface area contributed by atoms with E-state index in [0.29, 0.717) is 13.1 Å². The summed E-state index contributed by atoms with van der Waals surface area (Å²) in [6, 6.07) is 6.06. The molecule has 1 atom stereocenters. The number of carbonyl (C=O) groups excluding carboxylic acids is 1. The SMILES string of the molecule is Cc1cccc(NCC(=O)NCC2CCCO2)c1C. The molecule has 1 aromatic rings. The van der Waals surface area contributed by atoms with Gasteiger partial charge < -0.3 is 15.4 Å². The maximum Gasteiger partial charge on any atom is 0.239 e. The van der Waals surface area contributed by atoms with Crippen molar-refractivity contribution >= 4 is 11.6 Å². The van der Waals surface area contributed by atoms with Gasteiger partial charge >= 0.3 is 0 Å². The van der Waals surface area contributed by atoms with E-state index in [4.69, 9.17) is 4.74 Å². The second-order valence-corrected chi connectivity index (χ2v) is 5.04. The Morgan fingerprint density at radius 1 is 1.42 bits per heavy atom. The van der Waals surface area contributed by atoms with E-state index in [2.05, 4.69) is 30.5 Å². The molecule has 0 bridgehead atoms. The molecule has 104 valence electrons. The Kier molecular flexibility index (Phi) is 4.80. The van der Waals surface area contributed by atoms with Crippen molar-refractivity contribution in [3.63, 3.8) is 0 Å². The molecule has 1 aromatic carbocycles. The summed E-state index contributed by atoms with van der Waals surface area (Å²) in [6.07, 6.45) is 2.34. The molecule has 1 unspecified atom stereocenters. The first kappa shape index (κ1) is 13.9. The van der Waals surface area contributed by atoms with Crippen molar-refractivity contribution in [2.45, 2.75) is 32.8 Å².